The Labute approximate surface area is 72.8 Å². The fraction of sp³-hybridized carbons (Fsp3) is 0.300. The molecule has 1 rings (SSSR count). The van der Waals surface area contributed by atoms with E-state index < -0.39 is 0 Å². The number of benzene rings is 1. The molecule has 1 radical (unpaired) electrons. The second kappa shape index (κ2) is 3.90. The molecule has 0 amide bonds. The summed E-state index contributed by atoms with van der Waals surface area (Å²) in [7, 11) is 3.97. The maximum absolute atomic E-state index is 10.1. The summed E-state index contributed by atoms with van der Waals surface area (Å²) < 4.78 is 0. The number of hydrogen-bond acceptors (Lipinski definition) is 2. The lowest BCUT2D eigenvalue weighted by molar-refractivity contribution is 0.555. The van der Waals surface area contributed by atoms with Gasteiger partial charge in [-0.15, -0.1) is 0 Å². The molecule has 1 aromatic rings. The van der Waals surface area contributed by atoms with Crippen molar-refractivity contribution in [2.24, 2.45) is 0 Å². The van der Waals surface area contributed by atoms with Gasteiger partial charge < -0.3 is 4.90 Å². The predicted octanol–water partition coefficient (Wildman–Crippen LogP) is 1.40. The van der Waals surface area contributed by atoms with Crippen molar-refractivity contribution in [2.45, 2.75) is 6.42 Å². The van der Waals surface area contributed by atoms with Crippen LogP contribution in [0.25, 0.3) is 0 Å². The quantitative estimate of drug-likeness (QED) is 0.669. The first-order valence-electron chi connectivity index (χ1n) is 3.85. The molecule has 0 fully saturated rings. The molecular weight excluding hydrogens is 150 g/mol. The maximum Gasteiger partial charge on any atom is 0.203 e. The summed E-state index contributed by atoms with van der Waals surface area (Å²) in [4.78, 5) is 12.1. The lowest BCUT2D eigenvalue weighted by atomic mass is 10.1. The van der Waals surface area contributed by atoms with Crippen LogP contribution in [0.5, 0.6) is 0 Å². The molecule has 1 aromatic carbocycles. The molecule has 0 spiro atoms. The van der Waals surface area contributed by atoms with E-state index in [1.54, 1.807) is 0 Å². The van der Waals surface area contributed by atoms with Crippen molar-refractivity contribution < 1.29 is 4.79 Å². The monoisotopic (exact) mass is 162 g/mol. The van der Waals surface area contributed by atoms with Crippen LogP contribution < -0.4 is 4.90 Å². The molecule has 0 saturated carbocycles. The molecule has 0 aromatic heterocycles. The second-order valence-corrected chi connectivity index (χ2v) is 2.88. The van der Waals surface area contributed by atoms with Gasteiger partial charge in [-0.05, 0) is 17.7 Å². The van der Waals surface area contributed by atoms with E-state index in [0.717, 1.165) is 11.3 Å². The van der Waals surface area contributed by atoms with Crippen LogP contribution in [-0.4, -0.2) is 20.4 Å². The Balaban J connectivity index is 2.78. The highest BCUT2D eigenvalue weighted by Gasteiger charge is 1.94. The Morgan fingerprint density at radius 3 is 2.25 bits per heavy atom. The SMILES string of the molecule is CN(C)c1ccc(C[C]=O)cc1. The smallest absolute Gasteiger partial charge is 0.203 e. The zero-order valence-electron chi connectivity index (χ0n) is 7.37. The van der Waals surface area contributed by atoms with Gasteiger partial charge >= 0.3 is 0 Å². The maximum atomic E-state index is 10.1. The van der Waals surface area contributed by atoms with Gasteiger partial charge in [0.2, 0.25) is 6.29 Å². The van der Waals surface area contributed by atoms with E-state index in [1.807, 2.05) is 49.5 Å². The molecule has 0 bridgehead atoms. The van der Waals surface area contributed by atoms with Crippen LogP contribution in [0.15, 0.2) is 24.3 Å². The van der Waals surface area contributed by atoms with E-state index in [9.17, 15) is 4.79 Å². The van der Waals surface area contributed by atoms with Gasteiger partial charge in [-0.2, -0.15) is 0 Å². The number of hydrogen-bond donors (Lipinski definition) is 0. The van der Waals surface area contributed by atoms with Gasteiger partial charge in [0.1, 0.15) is 0 Å². The van der Waals surface area contributed by atoms with E-state index in [0.29, 0.717) is 6.42 Å². The summed E-state index contributed by atoms with van der Waals surface area (Å²) in [6.07, 6.45) is 2.25. The third kappa shape index (κ3) is 2.09. The molecule has 0 atom stereocenters. The summed E-state index contributed by atoms with van der Waals surface area (Å²) in [6.45, 7) is 0. The Hall–Kier alpha value is -1.31. The average molecular weight is 162 g/mol. The van der Waals surface area contributed by atoms with Crippen molar-refractivity contribution in [1.29, 1.82) is 0 Å². The van der Waals surface area contributed by atoms with Crippen LogP contribution in [0, 0.1) is 0 Å². The molecule has 0 aliphatic rings. The fourth-order valence-corrected chi connectivity index (χ4v) is 0.995. The Bertz CT molecular complexity index is 251. The second-order valence-electron chi connectivity index (χ2n) is 2.88. The van der Waals surface area contributed by atoms with Crippen molar-refractivity contribution >= 4 is 12.0 Å². The summed E-state index contributed by atoms with van der Waals surface area (Å²) in [5.74, 6) is 0. The van der Waals surface area contributed by atoms with Gasteiger partial charge in [-0.1, -0.05) is 12.1 Å². The van der Waals surface area contributed by atoms with E-state index in [2.05, 4.69) is 0 Å². The van der Waals surface area contributed by atoms with E-state index >= 15 is 0 Å². The third-order valence-corrected chi connectivity index (χ3v) is 1.73. The number of rotatable bonds is 3. The van der Waals surface area contributed by atoms with Gasteiger partial charge in [0, 0.05) is 26.2 Å². The Morgan fingerprint density at radius 1 is 1.25 bits per heavy atom. The van der Waals surface area contributed by atoms with Gasteiger partial charge in [0.25, 0.3) is 0 Å². The number of nitrogens with zero attached hydrogens (tertiary/aromatic N) is 1. The first kappa shape index (κ1) is 8.78. The zero-order valence-corrected chi connectivity index (χ0v) is 7.37. The lowest BCUT2D eigenvalue weighted by Gasteiger charge is -2.11. The van der Waals surface area contributed by atoms with Crippen LogP contribution in [0.4, 0.5) is 5.69 Å². The standard InChI is InChI=1S/C10H12NO/c1-11(2)10-5-3-9(4-6-10)7-8-12/h3-6H,7H2,1-2H3. The number of carbonyl (C=O) groups excluding carboxylic acids is 1. The topological polar surface area (TPSA) is 20.3 Å². The highest BCUT2D eigenvalue weighted by Crippen LogP contribution is 2.11. The first-order valence-corrected chi connectivity index (χ1v) is 3.85. The summed E-state index contributed by atoms with van der Waals surface area (Å²) >= 11 is 0. The minimum atomic E-state index is 0.383. The summed E-state index contributed by atoms with van der Waals surface area (Å²) in [5.41, 5.74) is 2.15. The van der Waals surface area contributed by atoms with Crippen LogP contribution in [-0.2, 0) is 11.2 Å². The number of anilines is 1. The fourth-order valence-electron chi connectivity index (χ4n) is 0.995. The van der Waals surface area contributed by atoms with Crippen molar-refractivity contribution in [3.8, 4) is 0 Å². The first-order chi connectivity index (χ1) is 5.74. The molecule has 12 heavy (non-hydrogen) atoms. The van der Waals surface area contributed by atoms with E-state index in [4.69, 9.17) is 0 Å². The molecule has 0 N–H and O–H groups in total. The zero-order chi connectivity index (χ0) is 8.97. The molecule has 0 saturated heterocycles. The van der Waals surface area contributed by atoms with Crippen LogP contribution in [0.3, 0.4) is 0 Å². The Kier molecular flexibility index (Phi) is 2.86. The lowest BCUT2D eigenvalue weighted by Crippen LogP contribution is -2.08. The van der Waals surface area contributed by atoms with Gasteiger partial charge in [0.15, 0.2) is 0 Å². The van der Waals surface area contributed by atoms with Gasteiger partial charge in [-0.25, -0.2) is 0 Å². The third-order valence-electron chi connectivity index (χ3n) is 1.73. The van der Waals surface area contributed by atoms with Gasteiger partial charge in [-0.3, -0.25) is 4.79 Å². The van der Waals surface area contributed by atoms with Crippen molar-refractivity contribution in [3.63, 3.8) is 0 Å². The largest absolute Gasteiger partial charge is 0.378 e. The van der Waals surface area contributed by atoms with Crippen molar-refractivity contribution in [2.75, 3.05) is 19.0 Å². The Morgan fingerprint density at radius 2 is 1.83 bits per heavy atom. The van der Waals surface area contributed by atoms with Crippen molar-refractivity contribution in [3.05, 3.63) is 29.8 Å². The summed E-state index contributed by atoms with van der Waals surface area (Å²) in [5, 5.41) is 0. The highest BCUT2D eigenvalue weighted by molar-refractivity contribution is 5.57. The predicted molar refractivity (Wildman–Crippen MR) is 50.2 cm³/mol. The average Bonchev–Trinajstić information content (AvgIpc) is 2.06. The molecule has 2 nitrogen and oxygen atoms in total. The van der Waals surface area contributed by atoms with Crippen LogP contribution >= 0.6 is 0 Å². The molecule has 0 aliphatic carbocycles. The van der Waals surface area contributed by atoms with Crippen LogP contribution in [0.1, 0.15) is 5.56 Å². The van der Waals surface area contributed by atoms with E-state index in [1.165, 1.54) is 0 Å². The molecule has 0 heterocycles. The molecule has 0 unspecified atom stereocenters. The normalized spacial score (nSPS) is 9.50. The van der Waals surface area contributed by atoms with E-state index in [-0.39, 0.29) is 0 Å². The van der Waals surface area contributed by atoms with Crippen LogP contribution in [0.2, 0.25) is 0 Å². The minimum absolute atomic E-state index is 0.383. The minimum Gasteiger partial charge on any atom is -0.378 e. The van der Waals surface area contributed by atoms with Gasteiger partial charge in [0.05, 0.1) is 0 Å². The van der Waals surface area contributed by atoms with Crippen molar-refractivity contribution in [1.82, 2.24) is 0 Å². The molecule has 2 heteroatoms. The molecule has 63 valence electrons. The molecular formula is C10H12NO. The molecule has 0 aliphatic heterocycles. The highest BCUT2D eigenvalue weighted by atomic mass is 16.1. The summed E-state index contributed by atoms with van der Waals surface area (Å²) in [6, 6.07) is 7.87.